The zero-order chi connectivity index (χ0) is 14.2. The Morgan fingerprint density at radius 1 is 1.42 bits per heavy atom. The minimum Gasteiger partial charge on any atom is -0.497 e. The molecule has 5 nitrogen and oxygen atoms in total. The standard InChI is InChI=1S/C14H15NO4/c1-8-10(7-13(16)17)14(18)11-6-9(19-3)4-5-12(11)15(8)2/h4-6H,7H2,1-3H3,(H,16,17). The van der Waals surface area contributed by atoms with E-state index in [1.165, 1.54) is 7.11 Å². The van der Waals surface area contributed by atoms with Gasteiger partial charge >= 0.3 is 5.97 Å². The zero-order valence-electron chi connectivity index (χ0n) is 11.1. The van der Waals surface area contributed by atoms with E-state index in [9.17, 15) is 9.59 Å². The summed E-state index contributed by atoms with van der Waals surface area (Å²) in [5.41, 5.74) is 1.50. The molecule has 0 atom stereocenters. The molecule has 1 heterocycles. The van der Waals surface area contributed by atoms with E-state index in [1.54, 1.807) is 25.1 Å². The number of pyridine rings is 1. The maximum Gasteiger partial charge on any atom is 0.308 e. The van der Waals surface area contributed by atoms with Crippen LogP contribution in [-0.2, 0) is 18.3 Å². The molecule has 0 radical (unpaired) electrons. The summed E-state index contributed by atoms with van der Waals surface area (Å²) in [6, 6.07) is 5.22. The van der Waals surface area contributed by atoms with Gasteiger partial charge in [0, 0.05) is 23.7 Å². The molecule has 0 saturated carbocycles. The average molecular weight is 261 g/mol. The number of ether oxygens (including phenoxy) is 1. The van der Waals surface area contributed by atoms with E-state index in [0.29, 0.717) is 22.4 Å². The van der Waals surface area contributed by atoms with Crippen molar-refractivity contribution in [3.63, 3.8) is 0 Å². The molecule has 0 spiro atoms. The Kier molecular flexibility index (Phi) is 3.29. The second kappa shape index (κ2) is 4.76. The van der Waals surface area contributed by atoms with Crippen LogP contribution in [0.3, 0.4) is 0 Å². The summed E-state index contributed by atoms with van der Waals surface area (Å²) in [4.78, 5) is 23.2. The molecule has 2 rings (SSSR count). The Morgan fingerprint density at radius 3 is 2.68 bits per heavy atom. The second-order valence-corrected chi connectivity index (χ2v) is 4.41. The maximum absolute atomic E-state index is 12.4. The third-order valence-corrected chi connectivity index (χ3v) is 3.35. The number of carboxylic acid groups (broad SMARTS) is 1. The van der Waals surface area contributed by atoms with E-state index < -0.39 is 5.97 Å². The lowest BCUT2D eigenvalue weighted by Crippen LogP contribution is -2.20. The first-order valence-electron chi connectivity index (χ1n) is 5.83. The predicted octanol–water partition coefficient (Wildman–Crippen LogP) is 1.48. The zero-order valence-corrected chi connectivity index (χ0v) is 11.1. The smallest absolute Gasteiger partial charge is 0.308 e. The van der Waals surface area contributed by atoms with Crippen molar-refractivity contribution in [3.05, 3.63) is 39.7 Å². The molecular weight excluding hydrogens is 246 g/mol. The largest absolute Gasteiger partial charge is 0.497 e. The third-order valence-electron chi connectivity index (χ3n) is 3.35. The number of benzene rings is 1. The van der Waals surface area contributed by atoms with Crippen LogP contribution >= 0.6 is 0 Å². The minimum absolute atomic E-state index is 0.244. The number of carbonyl (C=O) groups is 1. The van der Waals surface area contributed by atoms with Crippen LogP contribution in [0, 0.1) is 6.92 Å². The molecule has 5 heteroatoms. The molecule has 0 fully saturated rings. The fourth-order valence-electron chi connectivity index (χ4n) is 2.19. The number of hydrogen-bond donors (Lipinski definition) is 1. The number of carboxylic acids is 1. The van der Waals surface area contributed by atoms with Crippen LogP contribution in [0.15, 0.2) is 23.0 Å². The molecule has 0 aliphatic carbocycles. The van der Waals surface area contributed by atoms with Gasteiger partial charge in [-0.05, 0) is 25.1 Å². The molecule has 0 bridgehead atoms. The highest BCUT2D eigenvalue weighted by Gasteiger charge is 2.15. The van der Waals surface area contributed by atoms with Gasteiger partial charge in [0.1, 0.15) is 5.75 Å². The lowest BCUT2D eigenvalue weighted by atomic mass is 10.1. The minimum atomic E-state index is -1.01. The van der Waals surface area contributed by atoms with Gasteiger partial charge in [0.05, 0.1) is 19.0 Å². The average Bonchev–Trinajstić information content (AvgIpc) is 2.40. The summed E-state index contributed by atoms with van der Waals surface area (Å²) in [6.45, 7) is 1.75. The number of rotatable bonds is 3. The summed E-state index contributed by atoms with van der Waals surface area (Å²) in [6.07, 6.45) is -0.272. The van der Waals surface area contributed by atoms with Crippen molar-refractivity contribution < 1.29 is 14.6 Å². The number of methoxy groups -OCH3 is 1. The van der Waals surface area contributed by atoms with E-state index in [1.807, 2.05) is 11.6 Å². The van der Waals surface area contributed by atoms with Gasteiger partial charge in [-0.2, -0.15) is 0 Å². The van der Waals surface area contributed by atoms with Crippen molar-refractivity contribution in [1.29, 1.82) is 0 Å². The van der Waals surface area contributed by atoms with Crippen LogP contribution in [0.25, 0.3) is 10.9 Å². The number of fused-ring (bicyclic) bond motifs is 1. The van der Waals surface area contributed by atoms with Gasteiger partial charge < -0.3 is 14.4 Å². The van der Waals surface area contributed by atoms with Crippen molar-refractivity contribution in [1.82, 2.24) is 4.57 Å². The summed E-state index contributed by atoms with van der Waals surface area (Å²) in [5, 5.41) is 9.38. The quantitative estimate of drug-likeness (QED) is 0.908. The first kappa shape index (κ1) is 13.1. The number of hydrogen-bond acceptors (Lipinski definition) is 3. The van der Waals surface area contributed by atoms with Crippen LogP contribution in [-0.4, -0.2) is 22.8 Å². The number of nitrogens with zero attached hydrogens (tertiary/aromatic N) is 1. The summed E-state index contributed by atoms with van der Waals surface area (Å²) in [7, 11) is 3.34. The molecule has 1 N–H and O–H groups in total. The van der Waals surface area contributed by atoms with E-state index >= 15 is 0 Å². The van der Waals surface area contributed by atoms with E-state index in [-0.39, 0.29) is 11.8 Å². The Hall–Kier alpha value is -2.30. The predicted molar refractivity (Wildman–Crippen MR) is 71.8 cm³/mol. The van der Waals surface area contributed by atoms with Gasteiger partial charge in [-0.15, -0.1) is 0 Å². The molecule has 0 saturated heterocycles. The molecule has 2 aromatic rings. The second-order valence-electron chi connectivity index (χ2n) is 4.41. The first-order chi connectivity index (χ1) is 8.95. The molecule has 1 aromatic heterocycles. The van der Waals surface area contributed by atoms with Crippen molar-refractivity contribution in [2.24, 2.45) is 7.05 Å². The van der Waals surface area contributed by atoms with Crippen LogP contribution in [0.2, 0.25) is 0 Å². The number of aromatic nitrogens is 1. The molecule has 0 aliphatic heterocycles. The van der Waals surface area contributed by atoms with Crippen molar-refractivity contribution >= 4 is 16.9 Å². The molecule has 0 unspecified atom stereocenters. The Labute approximate surface area is 110 Å². The van der Waals surface area contributed by atoms with E-state index in [2.05, 4.69) is 0 Å². The lowest BCUT2D eigenvalue weighted by Gasteiger charge is -2.14. The monoisotopic (exact) mass is 261 g/mol. The molecule has 0 aliphatic rings. The summed E-state index contributed by atoms with van der Waals surface area (Å²) >= 11 is 0. The highest BCUT2D eigenvalue weighted by atomic mass is 16.5. The van der Waals surface area contributed by atoms with Gasteiger partial charge in [0.25, 0.3) is 0 Å². The Morgan fingerprint density at radius 2 is 2.11 bits per heavy atom. The molecular formula is C14H15NO4. The van der Waals surface area contributed by atoms with Crippen molar-refractivity contribution in [3.8, 4) is 5.75 Å². The van der Waals surface area contributed by atoms with Crippen molar-refractivity contribution in [2.45, 2.75) is 13.3 Å². The highest BCUT2D eigenvalue weighted by Crippen LogP contribution is 2.20. The number of aryl methyl sites for hydroxylation is 1. The molecule has 0 amide bonds. The SMILES string of the molecule is COc1ccc2c(c1)c(=O)c(CC(=O)O)c(C)n2C. The Balaban J connectivity index is 2.84. The van der Waals surface area contributed by atoms with Crippen LogP contribution in [0.1, 0.15) is 11.3 Å². The lowest BCUT2D eigenvalue weighted by molar-refractivity contribution is -0.136. The summed E-state index contributed by atoms with van der Waals surface area (Å²) < 4.78 is 6.93. The highest BCUT2D eigenvalue weighted by molar-refractivity contribution is 5.83. The molecule has 1 aromatic carbocycles. The number of aliphatic carboxylic acids is 1. The van der Waals surface area contributed by atoms with Gasteiger partial charge in [-0.1, -0.05) is 0 Å². The van der Waals surface area contributed by atoms with E-state index in [0.717, 1.165) is 5.52 Å². The normalized spacial score (nSPS) is 10.7. The fraction of sp³-hybridized carbons (Fsp3) is 0.286. The molecule has 19 heavy (non-hydrogen) atoms. The Bertz CT molecular complexity index is 715. The molecule has 100 valence electrons. The van der Waals surface area contributed by atoms with Crippen LogP contribution in [0.5, 0.6) is 5.75 Å². The maximum atomic E-state index is 12.4. The van der Waals surface area contributed by atoms with Crippen LogP contribution in [0.4, 0.5) is 0 Å². The third kappa shape index (κ3) is 2.19. The van der Waals surface area contributed by atoms with E-state index in [4.69, 9.17) is 9.84 Å². The van der Waals surface area contributed by atoms with Gasteiger partial charge in [-0.3, -0.25) is 9.59 Å². The fourth-order valence-corrected chi connectivity index (χ4v) is 2.19. The summed E-state index contributed by atoms with van der Waals surface area (Å²) in [5.74, 6) is -0.433. The van der Waals surface area contributed by atoms with Gasteiger partial charge in [0.15, 0.2) is 5.43 Å². The van der Waals surface area contributed by atoms with Crippen molar-refractivity contribution in [2.75, 3.05) is 7.11 Å². The first-order valence-corrected chi connectivity index (χ1v) is 5.83. The topological polar surface area (TPSA) is 68.5 Å². The van der Waals surface area contributed by atoms with Gasteiger partial charge in [-0.25, -0.2) is 0 Å². The van der Waals surface area contributed by atoms with Crippen LogP contribution < -0.4 is 10.2 Å². The van der Waals surface area contributed by atoms with Gasteiger partial charge in [0.2, 0.25) is 0 Å².